The molecular weight excluding hydrogens is 250 g/mol. The predicted octanol–water partition coefficient (Wildman–Crippen LogP) is 0.862. The van der Waals surface area contributed by atoms with E-state index in [1.54, 1.807) is 18.1 Å². The highest BCUT2D eigenvalue weighted by Crippen LogP contribution is 2.44. The topological polar surface area (TPSA) is 67.6 Å². The Balaban J connectivity index is 1.86. The zero-order chi connectivity index (χ0) is 13.6. The third-order valence-corrected chi connectivity index (χ3v) is 3.38. The van der Waals surface area contributed by atoms with E-state index in [0.717, 1.165) is 6.54 Å². The van der Waals surface area contributed by atoms with Crippen molar-refractivity contribution in [2.75, 3.05) is 7.11 Å². The Hall–Kier alpha value is -1.02. The van der Waals surface area contributed by atoms with E-state index in [-0.39, 0.29) is 18.3 Å². The van der Waals surface area contributed by atoms with Gasteiger partial charge in [-0.1, -0.05) is 0 Å². The van der Waals surface area contributed by atoms with Gasteiger partial charge in [-0.25, -0.2) is 4.98 Å². The minimum absolute atomic E-state index is 0.243. The van der Waals surface area contributed by atoms with Gasteiger partial charge in [-0.2, -0.15) is 5.10 Å². The molecule has 0 N–H and O–H groups in total. The van der Waals surface area contributed by atoms with E-state index in [2.05, 4.69) is 10.1 Å². The van der Waals surface area contributed by atoms with Crippen LogP contribution in [0.3, 0.4) is 0 Å². The first kappa shape index (κ1) is 13.0. The van der Waals surface area contributed by atoms with Gasteiger partial charge in [0.1, 0.15) is 18.5 Å². The normalized spacial score (nSPS) is 36.6. The Morgan fingerprint density at radius 3 is 2.74 bits per heavy atom. The first-order valence-electron chi connectivity index (χ1n) is 6.47. The van der Waals surface area contributed by atoms with Gasteiger partial charge in [0.25, 0.3) is 0 Å². The quantitative estimate of drug-likeness (QED) is 0.811. The summed E-state index contributed by atoms with van der Waals surface area (Å²) in [6.07, 6.45) is 0.385. The molecule has 4 atom stereocenters. The van der Waals surface area contributed by atoms with Crippen molar-refractivity contribution in [2.45, 2.75) is 57.7 Å². The number of fused-ring (bicyclic) bond motifs is 1. The number of nitrogens with zero attached hydrogens (tertiary/aromatic N) is 3. The third-order valence-electron chi connectivity index (χ3n) is 3.38. The van der Waals surface area contributed by atoms with Crippen molar-refractivity contribution >= 4 is 0 Å². The highest BCUT2D eigenvalue weighted by Gasteiger charge is 2.57. The highest BCUT2D eigenvalue weighted by atomic mass is 16.8. The van der Waals surface area contributed by atoms with Crippen LogP contribution in [0.5, 0.6) is 0 Å². The van der Waals surface area contributed by atoms with E-state index < -0.39 is 12.1 Å². The highest BCUT2D eigenvalue weighted by molar-refractivity contribution is 5.03. The lowest BCUT2D eigenvalue weighted by atomic mass is 10.1. The average Bonchev–Trinajstić information content (AvgIpc) is 3.01. The second-order valence-electron chi connectivity index (χ2n) is 5.18. The monoisotopic (exact) mass is 269 g/mol. The lowest BCUT2D eigenvalue weighted by Crippen LogP contribution is -2.30. The number of ether oxygens (including phenoxy) is 4. The number of hydrogen-bond donors (Lipinski definition) is 0. The van der Waals surface area contributed by atoms with E-state index in [0.29, 0.717) is 5.82 Å². The molecule has 1 aromatic rings. The summed E-state index contributed by atoms with van der Waals surface area (Å²) < 4.78 is 24.6. The molecule has 0 bridgehead atoms. The molecule has 19 heavy (non-hydrogen) atoms. The molecule has 0 unspecified atom stereocenters. The van der Waals surface area contributed by atoms with Gasteiger partial charge >= 0.3 is 0 Å². The number of aromatic nitrogens is 3. The van der Waals surface area contributed by atoms with Gasteiger partial charge in [0.05, 0.1) is 0 Å². The zero-order valence-corrected chi connectivity index (χ0v) is 11.6. The first-order chi connectivity index (χ1) is 9.04. The fourth-order valence-corrected chi connectivity index (χ4v) is 2.55. The minimum Gasteiger partial charge on any atom is -0.353 e. The number of methoxy groups -OCH3 is 1. The molecule has 0 radical (unpaired) electrons. The van der Waals surface area contributed by atoms with Gasteiger partial charge in [-0.3, -0.25) is 4.68 Å². The second kappa shape index (κ2) is 4.52. The van der Waals surface area contributed by atoms with Crippen LogP contribution in [0.25, 0.3) is 0 Å². The van der Waals surface area contributed by atoms with Gasteiger partial charge < -0.3 is 18.9 Å². The van der Waals surface area contributed by atoms with Gasteiger partial charge in [0, 0.05) is 13.7 Å². The van der Waals surface area contributed by atoms with E-state index in [1.807, 2.05) is 20.8 Å². The van der Waals surface area contributed by atoms with Crippen LogP contribution in [0, 0.1) is 0 Å². The molecule has 0 amide bonds. The van der Waals surface area contributed by atoms with Crippen LogP contribution < -0.4 is 0 Å². The summed E-state index contributed by atoms with van der Waals surface area (Å²) in [6.45, 7) is 6.54. The largest absolute Gasteiger partial charge is 0.353 e. The molecule has 2 aliphatic heterocycles. The number of aryl methyl sites for hydroxylation is 1. The van der Waals surface area contributed by atoms with Crippen molar-refractivity contribution in [1.29, 1.82) is 0 Å². The smallest absolute Gasteiger partial charge is 0.187 e. The second-order valence-corrected chi connectivity index (χ2v) is 5.18. The van der Waals surface area contributed by atoms with E-state index in [4.69, 9.17) is 18.9 Å². The van der Waals surface area contributed by atoms with E-state index >= 15 is 0 Å². The molecule has 0 aliphatic carbocycles. The molecule has 0 spiro atoms. The molecule has 2 saturated heterocycles. The molecule has 3 heterocycles. The Morgan fingerprint density at radius 1 is 1.37 bits per heavy atom. The fraction of sp³-hybridized carbons (Fsp3) is 0.833. The maximum atomic E-state index is 5.90. The van der Waals surface area contributed by atoms with Crippen molar-refractivity contribution in [3.63, 3.8) is 0 Å². The average molecular weight is 269 g/mol. The molecule has 2 fully saturated rings. The summed E-state index contributed by atoms with van der Waals surface area (Å²) in [5.74, 6) is -0.0285. The van der Waals surface area contributed by atoms with E-state index in [9.17, 15) is 0 Å². The Morgan fingerprint density at radius 2 is 2.11 bits per heavy atom. The summed E-state index contributed by atoms with van der Waals surface area (Å²) in [4.78, 5) is 4.28. The number of hydrogen-bond acceptors (Lipinski definition) is 6. The van der Waals surface area contributed by atoms with Crippen molar-refractivity contribution < 1.29 is 18.9 Å². The predicted molar refractivity (Wildman–Crippen MR) is 64.1 cm³/mol. The maximum Gasteiger partial charge on any atom is 0.187 e. The van der Waals surface area contributed by atoms with E-state index in [1.165, 1.54) is 0 Å². The van der Waals surface area contributed by atoms with Crippen molar-refractivity contribution in [1.82, 2.24) is 14.8 Å². The number of rotatable bonds is 3. The van der Waals surface area contributed by atoms with Crippen LogP contribution in [0.2, 0.25) is 0 Å². The molecule has 2 aliphatic rings. The molecular formula is C12H19N3O4. The molecule has 1 aromatic heterocycles. The van der Waals surface area contributed by atoms with Gasteiger partial charge in [-0.15, -0.1) is 0 Å². The zero-order valence-electron chi connectivity index (χ0n) is 11.6. The summed E-state index contributed by atoms with van der Waals surface area (Å²) in [6, 6.07) is 0. The van der Waals surface area contributed by atoms with Crippen LogP contribution in [0.4, 0.5) is 0 Å². The standard InChI is InChI=1S/C12H19N3O4/c1-5-15-6-13-10(14-15)8-7-9(11(16-4)17-8)19-12(2,3)18-7/h6-9,11H,5H2,1-4H3/t7-,8+,9-,11-/m1/s1. The summed E-state index contributed by atoms with van der Waals surface area (Å²) >= 11 is 0. The first-order valence-corrected chi connectivity index (χ1v) is 6.47. The Labute approximate surface area is 111 Å². The Kier molecular flexibility index (Phi) is 3.09. The molecule has 7 nitrogen and oxygen atoms in total. The minimum atomic E-state index is -0.637. The third kappa shape index (κ3) is 2.16. The van der Waals surface area contributed by atoms with Crippen molar-refractivity contribution in [3.05, 3.63) is 12.2 Å². The summed E-state index contributed by atoms with van der Waals surface area (Å²) in [5.41, 5.74) is 0. The Bertz CT molecular complexity index is 462. The lowest BCUT2D eigenvalue weighted by Gasteiger charge is -2.22. The van der Waals surface area contributed by atoms with Crippen LogP contribution in [-0.2, 0) is 25.5 Å². The van der Waals surface area contributed by atoms with Crippen LogP contribution in [0.1, 0.15) is 32.7 Å². The lowest BCUT2D eigenvalue weighted by molar-refractivity contribution is -0.229. The molecule has 106 valence electrons. The summed E-state index contributed by atoms with van der Waals surface area (Å²) in [5, 5.41) is 4.38. The van der Waals surface area contributed by atoms with Gasteiger partial charge in [0.2, 0.25) is 0 Å². The fourth-order valence-electron chi connectivity index (χ4n) is 2.55. The van der Waals surface area contributed by atoms with Crippen molar-refractivity contribution in [3.8, 4) is 0 Å². The van der Waals surface area contributed by atoms with Crippen molar-refractivity contribution in [2.24, 2.45) is 0 Å². The van der Waals surface area contributed by atoms with Gasteiger partial charge in [0.15, 0.2) is 24.0 Å². The van der Waals surface area contributed by atoms with Crippen LogP contribution in [-0.4, -0.2) is 46.2 Å². The molecule has 0 aromatic carbocycles. The van der Waals surface area contributed by atoms with Gasteiger partial charge in [-0.05, 0) is 20.8 Å². The van der Waals surface area contributed by atoms with Crippen LogP contribution >= 0.6 is 0 Å². The molecule has 0 saturated carbocycles. The van der Waals surface area contributed by atoms with Crippen LogP contribution in [0.15, 0.2) is 6.33 Å². The SMILES string of the molecule is CCn1cnc([C@H]2O[C@@H](OC)[C@@H]3OC(C)(C)O[C@@H]32)n1. The summed E-state index contributed by atoms with van der Waals surface area (Å²) in [7, 11) is 1.59. The molecule has 3 rings (SSSR count). The maximum absolute atomic E-state index is 5.90. The molecule has 7 heteroatoms.